The molecule has 1 aliphatic heterocycles. The number of benzene rings is 1. The average molecular weight is 228 g/mol. The molecule has 0 saturated carbocycles. The Bertz CT molecular complexity index is 447. The Morgan fingerprint density at radius 2 is 1.81 bits per heavy atom. The van der Waals surface area contributed by atoms with E-state index in [4.69, 9.17) is 5.73 Å². The fraction of sp³-hybridized carbons (Fsp3) is 0.273. The Hall–Kier alpha value is -1.65. The minimum atomic E-state index is -1.45. The van der Waals surface area contributed by atoms with Gasteiger partial charge < -0.3 is 11.1 Å². The fourth-order valence-electron chi connectivity index (χ4n) is 1.80. The average Bonchev–Trinajstić information content (AvgIpc) is 2.56. The molecule has 0 amide bonds. The van der Waals surface area contributed by atoms with Gasteiger partial charge in [-0.2, -0.15) is 0 Å². The zero-order chi connectivity index (χ0) is 11.9. The predicted octanol–water partition coefficient (Wildman–Crippen LogP) is 1.76. The SMILES string of the molecule is C[C@@]1(c2cc(F)c(F)c(F)c2)C=C(N)NC1. The van der Waals surface area contributed by atoms with Gasteiger partial charge in [0.2, 0.25) is 0 Å². The van der Waals surface area contributed by atoms with Crippen molar-refractivity contribution in [1.82, 2.24) is 5.32 Å². The molecule has 0 spiro atoms. The van der Waals surface area contributed by atoms with Crippen LogP contribution >= 0.6 is 0 Å². The number of halogens is 3. The maximum Gasteiger partial charge on any atom is 0.194 e. The van der Waals surface area contributed by atoms with E-state index in [9.17, 15) is 13.2 Å². The number of nitrogens with one attached hydrogen (secondary N) is 1. The van der Waals surface area contributed by atoms with Crippen LogP contribution in [0.2, 0.25) is 0 Å². The highest BCUT2D eigenvalue weighted by Crippen LogP contribution is 2.30. The summed E-state index contributed by atoms with van der Waals surface area (Å²) in [6.45, 7) is 2.20. The molecule has 0 radical (unpaired) electrons. The van der Waals surface area contributed by atoms with E-state index in [0.717, 1.165) is 12.1 Å². The summed E-state index contributed by atoms with van der Waals surface area (Å²) in [6, 6.07) is 1.99. The second-order valence-corrected chi connectivity index (χ2v) is 4.12. The van der Waals surface area contributed by atoms with E-state index < -0.39 is 22.9 Å². The lowest BCUT2D eigenvalue weighted by molar-refractivity contribution is 0.440. The molecule has 0 fully saturated rings. The van der Waals surface area contributed by atoms with Crippen molar-refractivity contribution in [3.8, 4) is 0 Å². The number of rotatable bonds is 1. The maximum atomic E-state index is 13.1. The van der Waals surface area contributed by atoms with E-state index in [2.05, 4.69) is 5.32 Å². The summed E-state index contributed by atoms with van der Waals surface area (Å²) in [5.74, 6) is -3.37. The fourth-order valence-corrected chi connectivity index (χ4v) is 1.80. The van der Waals surface area contributed by atoms with Crippen LogP contribution in [0.1, 0.15) is 12.5 Å². The Morgan fingerprint density at radius 3 is 2.25 bits per heavy atom. The Kier molecular flexibility index (Phi) is 2.33. The Balaban J connectivity index is 2.50. The lowest BCUT2D eigenvalue weighted by Crippen LogP contribution is -2.27. The van der Waals surface area contributed by atoms with Crippen molar-refractivity contribution >= 4 is 0 Å². The van der Waals surface area contributed by atoms with Crippen LogP contribution in [0.4, 0.5) is 13.2 Å². The predicted molar refractivity (Wildman–Crippen MR) is 53.9 cm³/mol. The second-order valence-electron chi connectivity index (χ2n) is 4.12. The van der Waals surface area contributed by atoms with Gasteiger partial charge in [-0.3, -0.25) is 0 Å². The van der Waals surface area contributed by atoms with Gasteiger partial charge in [0, 0.05) is 12.0 Å². The van der Waals surface area contributed by atoms with Gasteiger partial charge in [-0.05, 0) is 23.8 Å². The molecule has 1 aromatic carbocycles. The molecular formula is C11H11F3N2. The molecule has 1 heterocycles. The van der Waals surface area contributed by atoms with Crippen molar-refractivity contribution in [2.45, 2.75) is 12.3 Å². The van der Waals surface area contributed by atoms with Gasteiger partial charge in [-0.1, -0.05) is 6.92 Å². The summed E-state index contributed by atoms with van der Waals surface area (Å²) in [7, 11) is 0. The molecule has 0 unspecified atom stereocenters. The van der Waals surface area contributed by atoms with Gasteiger partial charge in [-0.25, -0.2) is 13.2 Å². The molecule has 1 atom stereocenters. The minimum Gasteiger partial charge on any atom is -0.386 e. The second kappa shape index (κ2) is 3.43. The third-order valence-electron chi connectivity index (χ3n) is 2.78. The van der Waals surface area contributed by atoms with Crippen molar-refractivity contribution < 1.29 is 13.2 Å². The Labute approximate surface area is 90.9 Å². The van der Waals surface area contributed by atoms with Crippen LogP contribution in [0.5, 0.6) is 0 Å². The summed E-state index contributed by atoms with van der Waals surface area (Å²) in [6.07, 6.45) is 1.67. The molecule has 0 aromatic heterocycles. The van der Waals surface area contributed by atoms with Gasteiger partial charge in [0.15, 0.2) is 17.5 Å². The van der Waals surface area contributed by atoms with Crippen molar-refractivity contribution in [2.75, 3.05) is 6.54 Å². The van der Waals surface area contributed by atoms with Gasteiger partial charge >= 0.3 is 0 Å². The van der Waals surface area contributed by atoms with E-state index in [0.29, 0.717) is 17.9 Å². The van der Waals surface area contributed by atoms with Crippen LogP contribution in [0.25, 0.3) is 0 Å². The van der Waals surface area contributed by atoms with Crippen LogP contribution in [0.3, 0.4) is 0 Å². The molecule has 86 valence electrons. The molecule has 0 saturated heterocycles. The van der Waals surface area contributed by atoms with E-state index in [1.807, 2.05) is 0 Å². The van der Waals surface area contributed by atoms with Crippen molar-refractivity contribution in [3.05, 3.63) is 47.0 Å². The van der Waals surface area contributed by atoms with Crippen LogP contribution in [-0.2, 0) is 5.41 Å². The maximum absolute atomic E-state index is 13.1. The third kappa shape index (κ3) is 1.62. The zero-order valence-electron chi connectivity index (χ0n) is 8.65. The normalized spacial score (nSPS) is 24.1. The highest BCUT2D eigenvalue weighted by Gasteiger charge is 2.31. The monoisotopic (exact) mass is 228 g/mol. The van der Waals surface area contributed by atoms with E-state index in [1.165, 1.54) is 0 Å². The summed E-state index contributed by atoms with van der Waals surface area (Å²) in [5.41, 5.74) is 5.29. The van der Waals surface area contributed by atoms with Gasteiger partial charge in [0.05, 0.1) is 5.82 Å². The molecule has 0 bridgehead atoms. The number of hydrogen-bond donors (Lipinski definition) is 2. The van der Waals surface area contributed by atoms with Crippen molar-refractivity contribution in [3.63, 3.8) is 0 Å². The largest absolute Gasteiger partial charge is 0.386 e. The third-order valence-corrected chi connectivity index (χ3v) is 2.78. The highest BCUT2D eigenvalue weighted by atomic mass is 19.2. The molecule has 3 N–H and O–H groups in total. The molecule has 2 rings (SSSR count). The minimum absolute atomic E-state index is 0.358. The first-order valence-electron chi connectivity index (χ1n) is 4.79. The van der Waals surface area contributed by atoms with Crippen LogP contribution in [0.15, 0.2) is 24.0 Å². The first kappa shape index (κ1) is 10.9. The molecule has 5 heteroatoms. The molecule has 1 aliphatic rings. The van der Waals surface area contributed by atoms with E-state index in [1.54, 1.807) is 13.0 Å². The molecule has 0 aliphatic carbocycles. The lowest BCUT2D eigenvalue weighted by atomic mass is 9.83. The molecule has 2 nitrogen and oxygen atoms in total. The smallest absolute Gasteiger partial charge is 0.194 e. The van der Waals surface area contributed by atoms with Gasteiger partial charge in [0.1, 0.15) is 0 Å². The standard InChI is InChI=1S/C11H11F3N2/c1-11(4-9(15)16-5-11)6-2-7(12)10(14)8(13)3-6/h2-4,16H,5,15H2,1H3/t11-/m1/s1. The topological polar surface area (TPSA) is 38.0 Å². The molecule has 1 aromatic rings. The quantitative estimate of drug-likeness (QED) is 0.719. The number of hydrogen-bond acceptors (Lipinski definition) is 2. The zero-order valence-corrected chi connectivity index (χ0v) is 8.65. The van der Waals surface area contributed by atoms with E-state index >= 15 is 0 Å². The van der Waals surface area contributed by atoms with Gasteiger partial charge in [-0.15, -0.1) is 0 Å². The highest BCUT2D eigenvalue weighted by molar-refractivity contribution is 5.36. The van der Waals surface area contributed by atoms with E-state index in [-0.39, 0.29) is 0 Å². The number of nitrogens with two attached hydrogens (primary N) is 1. The van der Waals surface area contributed by atoms with Crippen molar-refractivity contribution in [1.29, 1.82) is 0 Å². The lowest BCUT2D eigenvalue weighted by Gasteiger charge is -2.21. The van der Waals surface area contributed by atoms with Crippen LogP contribution in [-0.4, -0.2) is 6.54 Å². The first-order chi connectivity index (χ1) is 7.42. The summed E-state index contributed by atoms with van der Waals surface area (Å²) in [4.78, 5) is 0. The van der Waals surface area contributed by atoms with Gasteiger partial charge in [0.25, 0.3) is 0 Å². The Morgan fingerprint density at radius 1 is 1.25 bits per heavy atom. The summed E-state index contributed by atoms with van der Waals surface area (Å²) >= 11 is 0. The van der Waals surface area contributed by atoms with Crippen LogP contribution in [0, 0.1) is 17.5 Å². The first-order valence-corrected chi connectivity index (χ1v) is 4.79. The molecular weight excluding hydrogens is 217 g/mol. The summed E-state index contributed by atoms with van der Waals surface area (Å²) in [5, 5.41) is 2.86. The molecule has 16 heavy (non-hydrogen) atoms. The summed E-state index contributed by atoms with van der Waals surface area (Å²) < 4.78 is 38.9. The van der Waals surface area contributed by atoms with Crippen LogP contribution < -0.4 is 11.1 Å². The van der Waals surface area contributed by atoms with Crippen molar-refractivity contribution in [2.24, 2.45) is 5.73 Å².